The SMILES string of the molecule is O=S(=O)(Cl)c1ccc(C(F)(F)F)c(I)n1. The number of pyridine rings is 1. The Balaban J connectivity index is 3.34. The van der Waals surface area contributed by atoms with Crippen molar-refractivity contribution in [2.24, 2.45) is 0 Å². The summed E-state index contributed by atoms with van der Waals surface area (Å²) in [6.07, 6.45) is -4.56. The molecule has 0 aliphatic heterocycles. The summed E-state index contributed by atoms with van der Waals surface area (Å²) in [4.78, 5) is 3.26. The first kappa shape index (κ1) is 13.0. The third kappa shape index (κ3) is 3.18. The van der Waals surface area contributed by atoms with Gasteiger partial charge in [-0.3, -0.25) is 0 Å². The van der Waals surface area contributed by atoms with E-state index in [0.29, 0.717) is 12.1 Å². The molecule has 0 saturated carbocycles. The van der Waals surface area contributed by atoms with E-state index in [4.69, 9.17) is 10.7 Å². The lowest BCUT2D eigenvalue weighted by atomic mass is 10.3. The molecule has 0 fully saturated rings. The van der Waals surface area contributed by atoms with Gasteiger partial charge in [0.15, 0.2) is 5.03 Å². The van der Waals surface area contributed by atoms with Crippen LogP contribution in [0.2, 0.25) is 0 Å². The van der Waals surface area contributed by atoms with Crippen LogP contribution < -0.4 is 0 Å². The fourth-order valence-electron chi connectivity index (χ4n) is 0.765. The minimum atomic E-state index is -4.56. The van der Waals surface area contributed by atoms with Gasteiger partial charge in [0, 0.05) is 10.7 Å². The Bertz CT molecular complexity index is 488. The van der Waals surface area contributed by atoms with Gasteiger partial charge in [0.25, 0.3) is 9.05 Å². The molecule has 0 radical (unpaired) electrons. The lowest BCUT2D eigenvalue weighted by Crippen LogP contribution is -2.10. The summed E-state index contributed by atoms with van der Waals surface area (Å²) in [6, 6.07) is 1.34. The lowest BCUT2D eigenvalue weighted by Gasteiger charge is -2.08. The van der Waals surface area contributed by atoms with Crippen molar-refractivity contribution in [3.63, 3.8) is 0 Å². The van der Waals surface area contributed by atoms with Crippen molar-refractivity contribution < 1.29 is 21.6 Å². The monoisotopic (exact) mass is 371 g/mol. The Hall–Kier alpha value is -0.0900. The largest absolute Gasteiger partial charge is 0.418 e. The first-order valence-electron chi connectivity index (χ1n) is 3.31. The van der Waals surface area contributed by atoms with Gasteiger partial charge in [0.2, 0.25) is 0 Å². The minimum Gasteiger partial charge on any atom is -0.228 e. The van der Waals surface area contributed by atoms with E-state index in [0.717, 1.165) is 0 Å². The van der Waals surface area contributed by atoms with E-state index in [-0.39, 0.29) is 0 Å². The number of nitrogens with zero attached hydrogens (tertiary/aromatic N) is 1. The molecule has 0 N–H and O–H groups in total. The molecule has 1 aromatic heterocycles. The summed E-state index contributed by atoms with van der Waals surface area (Å²) >= 11 is 1.30. The molecular weight excluding hydrogens is 369 g/mol. The number of rotatable bonds is 1. The van der Waals surface area contributed by atoms with E-state index in [2.05, 4.69) is 4.98 Å². The minimum absolute atomic E-state index is 0.457. The second-order valence-corrected chi connectivity index (χ2v) is 5.96. The van der Waals surface area contributed by atoms with Crippen LogP contribution in [0.3, 0.4) is 0 Å². The molecule has 15 heavy (non-hydrogen) atoms. The summed E-state index contributed by atoms with van der Waals surface area (Å²) < 4.78 is 57.8. The van der Waals surface area contributed by atoms with Crippen LogP contribution in [0.5, 0.6) is 0 Å². The molecule has 0 unspecified atom stereocenters. The molecule has 1 heterocycles. The number of aromatic nitrogens is 1. The zero-order valence-electron chi connectivity index (χ0n) is 6.72. The summed E-state index contributed by atoms with van der Waals surface area (Å²) in [5.41, 5.74) is -0.993. The molecule has 9 heteroatoms. The van der Waals surface area contributed by atoms with Crippen LogP contribution in [0.25, 0.3) is 0 Å². The van der Waals surface area contributed by atoms with Crippen molar-refractivity contribution in [3.05, 3.63) is 21.4 Å². The first-order chi connectivity index (χ1) is 6.62. The Labute approximate surface area is 101 Å². The van der Waals surface area contributed by atoms with Crippen LogP contribution in [0.15, 0.2) is 17.2 Å². The molecular formula is C6H2ClF3INO2S. The van der Waals surface area contributed by atoms with Gasteiger partial charge in [-0.05, 0) is 34.7 Å². The number of hydrogen-bond acceptors (Lipinski definition) is 3. The summed E-state index contributed by atoms with van der Waals surface area (Å²) in [7, 11) is 0.824. The van der Waals surface area contributed by atoms with E-state index in [1.54, 1.807) is 0 Å². The average Bonchev–Trinajstić information content (AvgIpc) is 1.99. The molecule has 0 spiro atoms. The van der Waals surface area contributed by atoms with Crippen molar-refractivity contribution in [1.82, 2.24) is 4.98 Å². The van der Waals surface area contributed by atoms with Gasteiger partial charge in [-0.25, -0.2) is 13.4 Å². The summed E-state index contributed by atoms with van der Waals surface area (Å²) in [5, 5.41) is -0.596. The molecule has 0 atom stereocenters. The van der Waals surface area contributed by atoms with E-state index in [1.807, 2.05) is 0 Å². The van der Waals surface area contributed by atoms with E-state index >= 15 is 0 Å². The quantitative estimate of drug-likeness (QED) is 0.433. The molecule has 1 rings (SSSR count). The molecule has 84 valence electrons. The van der Waals surface area contributed by atoms with Gasteiger partial charge in [0.1, 0.15) is 3.70 Å². The Morgan fingerprint density at radius 3 is 2.20 bits per heavy atom. The maximum absolute atomic E-state index is 12.2. The number of hydrogen-bond donors (Lipinski definition) is 0. The number of halogens is 5. The van der Waals surface area contributed by atoms with Crippen molar-refractivity contribution in [1.29, 1.82) is 0 Å². The van der Waals surface area contributed by atoms with Crippen LogP contribution in [-0.4, -0.2) is 13.4 Å². The average molecular weight is 372 g/mol. The van der Waals surface area contributed by atoms with Crippen molar-refractivity contribution in [3.8, 4) is 0 Å². The highest BCUT2D eigenvalue weighted by Crippen LogP contribution is 2.32. The predicted molar refractivity (Wildman–Crippen MR) is 55.0 cm³/mol. The zero-order chi connectivity index (χ0) is 11.9. The first-order valence-corrected chi connectivity index (χ1v) is 6.69. The molecule has 0 aromatic carbocycles. The maximum atomic E-state index is 12.2. The maximum Gasteiger partial charge on any atom is 0.418 e. The molecule has 0 saturated heterocycles. The fourth-order valence-corrected chi connectivity index (χ4v) is 2.36. The molecule has 0 bridgehead atoms. The van der Waals surface area contributed by atoms with Crippen LogP contribution in [0.1, 0.15) is 5.56 Å². The predicted octanol–water partition coefficient (Wildman–Crippen LogP) is 2.63. The third-order valence-electron chi connectivity index (χ3n) is 1.38. The van der Waals surface area contributed by atoms with E-state index in [1.165, 1.54) is 22.6 Å². The van der Waals surface area contributed by atoms with Gasteiger partial charge >= 0.3 is 6.18 Å². The Morgan fingerprint density at radius 1 is 1.33 bits per heavy atom. The van der Waals surface area contributed by atoms with E-state index < -0.39 is 29.5 Å². The van der Waals surface area contributed by atoms with Crippen LogP contribution >= 0.6 is 33.3 Å². The molecule has 0 amide bonds. The van der Waals surface area contributed by atoms with Crippen molar-refractivity contribution >= 4 is 42.3 Å². The van der Waals surface area contributed by atoms with Gasteiger partial charge in [0.05, 0.1) is 5.56 Å². The molecule has 0 aliphatic rings. The standard InChI is InChI=1S/C6H2ClF3INO2S/c7-15(13,14)4-2-1-3(5(11)12-4)6(8,9)10/h1-2H. The Morgan fingerprint density at radius 2 is 1.87 bits per heavy atom. The lowest BCUT2D eigenvalue weighted by molar-refractivity contribution is -0.138. The topological polar surface area (TPSA) is 47.0 Å². The number of alkyl halides is 3. The smallest absolute Gasteiger partial charge is 0.228 e. The normalized spacial score (nSPS) is 12.9. The van der Waals surface area contributed by atoms with Crippen LogP contribution in [0, 0.1) is 3.70 Å². The highest BCUT2D eigenvalue weighted by molar-refractivity contribution is 14.1. The van der Waals surface area contributed by atoms with Crippen LogP contribution in [-0.2, 0) is 15.2 Å². The zero-order valence-corrected chi connectivity index (χ0v) is 10.4. The van der Waals surface area contributed by atoms with Gasteiger partial charge in [-0.2, -0.15) is 13.2 Å². The summed E-state index contributed by atoms with van der Waals surface area (Å²) in [6.45, 7) is 0. The second kappa shape index (κ2) is 4.06. The summed E-state index contributed by atoms with van der Waals surface area (Å²) in [5.74, 6) is 0. The fraction of sp³-hybridized carbons (Fsp3) is 0.167. The Kier molecular flexibility index (Phi) is 3.51. The molecule has 0 aliphatic carbocycles. The van der Waals surface area contributed by atoms with Gasteiger partial charge in [-0.1, -0.05) is 0 Å². The molecule has 1 aromatic rings. The molecule has 3 nitrogen and oxygen atoms in total. The van der Waals surface area contributed by atoms with Gasteiger partial charge in [-0.15, -0.1) is 0 Å². The van der Waals surface area contributed by atoms with E-state index in [9.17, 15) is 21.6 Å². The highest BCUT2D eigenvalue weighted by Gasteiger charge is 2.34. The van der Waals surface area contributed by atoms with Crippen molar-refractivity contribution in [2.45, 2.75) is 11.2 Å². The van der Waals surface area contributed by atoms with Gasteiger partial charge < -0.3 is 0 Å². The second-order valence-electron chi connectivity index (χ2n) is 2.42. The third-order valence-corrected chi connectivity index (χ3v) is 3.40. The highest BCUT2D eigenvalue weighted by atomic mass is 127. The van der Waals surface area contributed by atoms with Crippen molar-refractivity contribution in [2.75, 3.05) is 0 Å². The van der Waals surface area contributed by atoms with Crippen LogP contribution in [0.4, 0.5) is 13.2 Å².